The highest BCUT2D eigenvalue weighted by Crippen LogP contribution is 2.26. The lowest BCUT2D eigenvalue weighted by atomic mass is 10.2. The monoisotopic (exact) mass is 304 g/mol. The van der Waals surface area contributed by atoms with E-state index in [0.717, 1.165) is 28.1 Å². The number of nitrogens with zero attached hydrogens (tertiary/aromatic N) is 1. The van der Waals surface area contributed by atoms with Crippen molar-refractivity contribution < 1.29 is 4.74 Å². The maximum absolute atomic E-state index is 5.84. The van der Waals surface area contributed by atoms with Crippen LogP contribution < -0.4 is 4.74 Å². The maximum atomic E-state index is 5.84. The van der Waals surface area contributed by atoms with Crippen molar-refractivity contribution in [3.05, 3.63) is 45.4 Å². The number of hydrogen-bond acceptors (Lipinski definition) is 3. The van der Waals surface area contributed by atoms with Crippen LogP contribution in [0.25, 0.3) is 11.0 Å². The molecule has 0 unspecified atom stereocenters. The summed E-state index contributed by atoms with van der Waals surface area (Å²) >= 11 is 7.16. The molecule has 3 nitrogen and oxygen atoms in total. The van der Waals surface area contributed by atoms with E-state index < -0.39 is 0 Å². The van der Waals surface area contributed by atoms with E-state index in [1.165, 1.54) is 5.56 Å². The molecule has 0 fully saturated rings. The average molecular weight is 304 g/mol. The highest BCUT2D eigenvalue weighted by Gasteiger charge is 2.10. The van der Waals surface area contributed by atoms with Gasteiger partial charge in [-0.1, -0.05) is 6.07 Å². The number of H-pyrrole nitrogens is 1. The van der Waals surface area contributed by atoms with Crippen molar-refractivity contribution >= 4 is 34.6 Å². The molecule has 2 aromatic heterocycles. The van der Waals surface area contributed by atoms with E-state index in [4.69, 9.17) is 17.0 Å². The van der Waals surface area contributed by atoms with E-state index in [1.807, 2.05) is 26.0 Å². The molecule has 3 rings (SSSR count). The minimum Gasteiger partial charge on any atom is -0.489 e. The van der Waals surface area contributed by atoms with Crippen LogP contribution in [0.15, 0.2) is 35.0 Å². The Bertz CT molecular complexity index is 769. The third-order valence-corrected chi connectivity index (χ3v) is 4.11. The first kappa shape index (κ1) is 13.4. The van der Waals surface area contributed by atoms with E-state index in [1.54, 1.807) is 11.3 Å². The Labute approximate surface area is 126 Å². The molecule has 0 aliphatic heterocycles. The van der Waals surface area contributed by atoms with Gasteiger partial charge in [-0.15, -0.1) is 0 Å². The molecular weight excluding hydrogens is 288 g/mol. The maximum Gasteiger partial charge on any atom is 0.178 e. The first-order valence-corrected chi connectivity index (χ1v) is 7.89. The normalized spacial score (nSPS) is 11.3. The molecule has 3 aromatic rings. The fourth-order valence-electron chi connectivity index (χ4n) is 2.23. The van der Waals surface area contributed by atoms with Crippen molar-refractivity contribution in [3.8, 4) is 5.75 Å². The molecule has 20 heavy (non-hydrogen) atoms. The quantitative estimate of drug-likeness (QED) is 0.714. The standard InChI is InChI=1S/C15H16N2OS2/c1-10(2)18-13-5-3-4-12-14(13)16-15(19)17(12)8-11-6-7-20-9-11/h3-7,9-10H,8H2,1-2H3,(H,16,19). The molecule has 0 spiro atoms. The molecule has 0 atom stereocenters. The number of aromatic amines is 1. The Kier molecular flexibility index (Phi) is 3.63. The van der Waals surface area contributed by atoms with Gasteiger partial charge in [0.1, 0.15) is 11.3 Å². The molecule has 104 valence electrons. The molecule has 0 aliphatic carbocycles. The fourth-order valence-corrected chi connectivity index (χ4v) is 3.15. The van der Waals surface area contributed by atoms with Crippen molar-refractivity contribution in [1.82, 2.24) is 9.55 Å². The van der Waals surface area contributed by atoms with Crippen molar-refractivity contribution in [1.29, 1.82) is 0 Å². The van der Waals surface area contributed by atoms with Gasteiger partial charge in [0.15, 0.2) is 4.77 Å². The highest BCUT2D eigenvalue weighted by molar-refractivity contribution is 7.71. The van der Waals surface area contributed by atoms with Crippen LogP contribution in [-0.2, 0) is 6.54 Å². The average Bonchev–Trinajstić information content (AvgIpc) is 3.00. The number of nitrogens with one attached hydrogen (secondary N) is 1. The summed E-state index contributed by atoms with van der Waals surface area (Å²) < 4.78 is 8.68. The van der Waals surface area contributed by atoms with E-state index in [9.17, 15) is 0 Å². The molecule has 0 aliphatic rings. The molecular formula is C15H16N2OS2. The van der Waals surface area contributed by atoms with Crippen LogP contribution in [0.1, 0.15) is 19.4 Å². The van der Waals surface area contributed by atoms with Gasteiger partial charge in [-0.2, -0.15) is 11.3 Å². The summed E-state index contributed by atoms with van der Waals surface area (Å²) in [5.41, 5.74) is 3.32. The lowest BCUT2D eigenvalue weighted by molar-refractivity contribution is 0.245. The first-order chi connectivity index (χ1) is 9.65. The van der Waals surface area contributed by atoms with Gasteiger partial charge in [0, 0.05) is 0 Å². The summed E-state index contributed by atoms with van der Waals surface area (Å²) in [6.07, 6.45) is 0.141. The number of rotatable bonds is 4. The number of aromatic nitrogens is 2. The minimum atomic E-state index is 0.141. The van der Waals surface area contributed by atoms with Crippen LogP contribution >= 0.6 is 23.6 Å². The number of hydrogen-bond donors (Lipinski definition) is 1. The predicted octanol–water partition coefficient (Wildman–Crippen LogP) is 4.60. The van der Waals surface area contributed by atoms with Crippen LogP contribution in [0.5, 0.6) is 5.75 Å². The van der Waals surface area contributed by atoms with Crippen LogP contribution in [0, 0.1) is 4.77 Å². The lowest BCUT2D eigenvalue weighted by Crippen LogP contribution is -2.05. The summed E-state index contributed by atoms with van der Waals surface area (Å²) in [5, 5.41) is 4.23. The van der Waals surface area contributed by atoms with E-state index in [2.05, 4.69) is 32.4 Å². The molecule has 0 bridgehead atoms. The Morgan fingerprint density at radius 3 is 2.90 bits per heavy atom. The SMILES string of the molecule is CC(C)Oc1cccc2c1[nH]c(=S)n2Cc1ccsc1. The number of thiophene rings is 1. The highest BCUT2D eigenvalue weighted by atomic mass is 32.1. The van der Waals surface area contributed by atoms with Gasteiger partial charge in [-0.25, -0.2) is 0 Å². The van der Waals surface area contributed by atoms with Crippen LogP contribution in [0.3, 0.4) is 0 Å². The van der Waals surface area contributed by atoms with Gasteiger partial charge in [0.2, 0.25) is 0 Å². The van der Waals surface area contributed by atoms with Gasteiger partial charge in [0.05, 0.1) is 18.2 Å². The number of benzene rings is 1. The topological polar surface area (TPSA) is 29.9 Å². The molecule has 0 saturated heterocycles. The Hall–Kier alpha value is -1.59. The van der Waals surface area contributed by atoms with Crippen LogP contribution in [-0.4, -0.2) is 15.7 Å². The molecule has 1 aromatic carbocycles. The summed E-state index contributed by atoms with van der Waals surface area (Å²) in [5.74, 6) is 0.854. The smallest absolute Gasteiger partial charge is 0.178 e. The number of fused-ring (bicyclic) bond motifs is 1. The summed E-state index contributed by atoms with van der Waals surface area (Å²) in [7, 11) is 0. The van der Waals surface area contributed by atoms with Crippen LogP contribution in [0.4, 0.5) is 0 Å². The zero-order valence-corrected chi connectivity index (χ0v) is 13.1. The van der Waals surface area contributed by atoms with Crippen LogP contribution in [0.2, 0.25) is 0 Å². The van der Waals surface area contributed by atoms with Gasteiger partial charge in [0.25, 0.3) is 0 Å². The summed E-state index contributed by atoms with van der Waals surface area (Å²) in [6, 6.07) is 8.18. The second-order valence-corrected chi connectivity index (χ2v) is 6.13. The van der Waals surface area contributed by atoms with Crippen molar-refractivity contribution in [2.45, 2.75) is 26.5 Å². The van der Waals surface area contributed by atoms with Gasteiger partial charge < -0.3 is 14.3 Å². The molecule has 1 N–H and O–H groups in total. The number of imidazole rings is 1. The largest absolute Gasteiger partial charge is 0.489 e. The first-order valence-electron chi connectivity index (χ1n) is 6.54. The number of ether oxygens (including phenoxy) is 1. The zero-order valence-electron chi connectivity index (χ0n) is 11.4. The number of para-hydroxylation sites is 1. The van der Waals surface area contributed by atoms with E-state index in [0.29, 0.717) is 0 Å². The second kappa shape index (κ2) is 5.42. The second-order valence-electron chi connectivity index (χ2n) is 4.96. The van der Waals surface area contributed by atoms with E-state index in [-0.39, 0.29) is 6.10 Å². The van der Waals surface area contributed by atoms with Crippen molar-refractivity contribution in [3.63, 3.8) is 0 Å². The van der Waals surface area contributed by atoms with Crippen molar-refractivity contribution in [2.75, 3.05) is 0 Å². The Morgan fingerprint density at radius 1 is 1.35 bits per heavy atom. The fraction of sp³-hybridized carbons (Fsp3) is 0.267. The van der Waals surface area contributed by atoms with E-state index >= 15 is 0 Å². The summed E-state index contributed by atoms with van der Waals surface area (Å²) in [6.45, 7) is 4.83. The molecule has 5 heteroatoms. The molecule has 2 heterocycles. The van der Waals surface area contributed by atoms with Gasteiger partial charge in [-0.05, 0) is 60.6 Å². The molecule has 0 amide bonds. The Morgan fingerprint density at radius 2 is 2.20 bits per heavy atom. The van der Waals surface area contributed by atoms with Gasteiger partial charge in [-0.3, -0.25) is 0 Å². The summed E-state index contributed by atoms with van der Waals surface area (Å²) in [4.78, 5) is 3.27. The van der Waals surface area contributed by atoms with Gasteiger partial charge >= 0.3 is 0 Å². The lowest BCUT2D eigenvalue weighted by Gasteiger charge is -2.10. The van der Waals surface area contributed by atoms with Crippen molar-refractivity contribution in [2.24, 2.45) is 0 Å². The predicted molar refractivity (Wildman–Crippen MR) is 86.3 cm³/mol. The molecule has 0 saturated carbocycles. The third kappa shape index (κ3) is 2.51. The third-order valence-electron chi connectivity index (χ3n) is 3.06. The Balaban J connectivity index is 2.09. The zero-order chi connectivity index (χ0) is 14.1. The molecule has 0 radical (unpaired) electrons. The minimum absolute atomic E-state index is 0.141.